The zero-order valence-corrected chi connectivity index (χ0v) is 12.6. The summed E-state index contributed by atoms with van der Waals surface area (Å²) >= 11 is 0. The second-order valence-corrected chi connectivity index (χ2v) is 5.71. The summed E-state index contributed by atoms with van der Waals surface area (Å²) in [5.74, 6) is -1.55. The van der Waals surface area contributed by atoms with Crippen molar-refractivity contribution in [3.8, 4) is 0 Å². The van der Waals surface area contributed by atoms with Gasteiger partial charge >= 0.3 is 5.97 Å². The molecule has 0 radical (unpaired) electrons. The van der Waals surface area contributed by atoms with E-state index in [0.717, 1.165) is 10.9 Å². The molecule has 1 aliphatic heterocycles. The molecular weight excluding hydrogens is 303 g/mol. The number of aliphatic carboxylic acids is 1. The van der Waals surface area contributed by atoms with Gasteiger partial charge in [0.05, 0.1) is 19.1 Å². The molecule has 2 N–H and O–H groups in total. The fraction of sp³-hybridized carbons (Fsp3) is 0.375. The number of morpholine rings is 1. The Morgan fingerprint density at radius 2 is 2.22 bits per heavy atom. The Kier molecular flexibility index (Phi) is 4.04. The lowest BCUT2D eigenvalue weighted by molar-refractivity contribution is -0.141. The minimum absolute atomic E-state index is 0.138. The number of fused-ring (bicyclic) bond motifs is 1. The summed E-state index contributed by atoms with van der Waals surface area (Å²) in [5.41, 5.74) is 1.69. The average Bonchev–Trinajstić information content (AvgIpc) is 2.90. The number of carbonyl (C=O) groups is 2. The van der Waals surface area contributed by atoms with Gasteiger partial charge in [-0.3, -0.25) is 9.59 Å². The first-order valence-electron chi connectivity index (χ1n) is 7.35. The summed E-state index contributed by atoms with van der Waals surface area (Å²) in [6.07, 6.45) is -0.644. The fourth-order valence-corrected chi connectivity index (χ4v) is 2.88. The second kappa shape index (κ2) is 6.00. The van der Waals surface area contributed by atoms with Crippen molar-refractivity contribution in [3.63, 3.8) is 0 Å². The summed E-state index contributed by atoms with van der Waals surface area (Å²) in [6, 6.07) is 4.47. The second-order valence-electron chi connectivity index (χ2n) is 5.71. The van der Waals surface area contributed by atoms with Gasteiger partial charge < -0.3 is 19.7 Å². The van der Waals surface area contributed by atoms with Gasteiger partial charge in [0.15, 0.2) is 0 Å². The van der Waals surface area contributed by atoms with E-state index in [1.165, 1.54) is 12.1 Å². The van der Waals surface area contributed by atoms with Crippen molar-refractivity contribution in [3.05, 3.63) is 35.3 Å². The third-order valence-corrected chi connectivity index (χ3v) is 3.97. The molecule has 0 unspecified atom stereocenters. The first kappa shape index (κ1) is 15.5. The minimum Gasteiger partial charge on any atom is -0.481 e. The highest BCUT2D eigenvalue weighted by atomic mass is 19.1. The van der Waals surface area contributed by atoms with Crippen LogP contribution in [0.25, 0.3) is 10.9 Å². The number of H-pyrrole nitrogens is 1. The number of nitrogens with zero attached hydrogens (tertiary/aromatic N) is 1. The molecule has 0 bridgehead atoms. The Hall–Kier alpha value is -2.41. The van der Waals surface area contributed by atoms with E-state index >= 15 is 0 Å². The number of carboxylic acid groups (broad SMARTS) is 1. The summed E-state index contributed by atoms with van der Waals surface area (Å²) < 4.78 is 18.8. The first-order valence-corrected chi connectivity index (χ1v) is 7.35. The van der Waals surface area contributed by atoms with Crippen LogP contribution >= 0.6 is 0 Å². The van der Waals surface area contributed by atoms with Crippen molar-refractivity contribution < 1.29 is 23.8 Å². The Bertz CT molecular complexity index is 771. The first-order chi connectivity index (χ1) is 10.9. The number of ether oxygens (including phenoxy) is 1. The van der Waals surface area contributed by atoms with Crippen LogP contribution in [0.1, 0.15) is 22.5 Å². The number of aryl methyl sites for hydroxylation is 1. The number of aromatic amines is 1. The normalized spacial score (nSPS) is 18.3. The molecule has 0 saturated carbocycles. The highest BCUT2D eigenvalue weighted by Crippen LogP contribution is 2.22. The largest absolute Gasteiger partial charge is 0.481 e. The van der Waals surface area contributed by atoms with Crippen molar-refractivity contribution in [1.29, 1.82) is 0 Å². The summed E-state index contributed by atoms with van der Waals surface area (Å²) in [6.45, 7) is 2.72. The van der Waals surface area contributed by atoms with Crippen molar-refractivity contribution in [2.24, 2.45) is 0 Å². The van der Waals surface area contributed by atoms with Gasteiger partial charge in [-0.1, -0.05) is 0 Å². The molecule has 1 fully saturated rings. The molecule has 3 rings (SSSR count). The molecule has 0 aliphatic carbocycles. The SMILES string of the molecule is Cc1cc(F)cc2[nH]c(C(=O)N3CCO[C@H](CC(=O)O)C3)cc12. The molecule has 2 heterocycles. The van der Waals surface area contributed by atoms with Gasteiger partial charge in [0.1, 0.15) is 11.5 Å². The summed E-state index contributed by atoms with van der Waals surface area (Å²) in [5, 5.41) is 9.63. The van der Waals surface area contributed by atoms with Crippen LogP contribution in [0.2, 0.25) is 0 Å². The van der Waals surface area contributed by atoms with Gasteiger partial charge in [0, 0.05) is 24.0 Å². The van der Waals surface area contributed by atoms with E-state index in [2.05, 4.69) is 4.98 Å². The Labute approximate surface area is 131 Å². The number of hydrogen-bond acceptors (Lipinski definition) is 3. The lowest BCUT2D eigenvalue weighted by Gasteiger charge is -2.32. The number of carboxylic acids is 1. The van der Waals surface area contributed by atoms with Crippen molar-refractivity contribution >= 4 is 22.8 Å². The number of rotatable bonds is 3. The molecule has 1 aliphatic rings. The van der Waals surface area contributed by atoms with Crippen LogP contribution < -0.4 is 0 Å². The van der Waals surface area contributed by atoms with E-state index in [-0.39, 0.29) is 24.7 Å². The van der Waals surface area contributed by atoms with Gasteiger partial charge in [-0.2, -0.15) is 0 Å². The van der Waals surface area contributed by atoms with Crippen LogP contribution in [0.3, 0.4) is 0 Å². The van der Waals surface area contributed by atoms with Crippen LogP contribution in [0, 0.1) is 12.7 Å². The number of carbonyl (C=O) groups excluding carboxylic acids is 1. The minimum atomic E-state index is -0.957. The number of nitrogens with one attached hydrogen (secondary N) is 1. The third-order valence-electron chi connectivity index (χ3n) is 3.97. The average molecular weight is 320 g/mol. The fourth-order valence-electron chi connectivity index (χ4n) is 2.88. The van der Waals surface area contributed by atoms with Crippen LogP contribution in [0.5, 0.6) is 0 Å². The van der Waals surface area contributed by atoms with Gasteiger partial charge in [0.25, 0.3) is 5.91 Å². The number of hydrogen-bond donors (Lipinski definition) is 2. The maximum absolute atomic E-state index is 13.4. The Morgan fingerprint density at radius 3 is 2.96 bits per heavy atom. The zero-order chi connectivity index (χ0) is 16.6. The van der Waals surface area contributed by atoms with Crippen molar-refractivity contribution in [1.82, 2.24) is 9.88 Å². The molecule has 1 atom stereocenters. The number of aromatic nitrogens is 1. The molecule has 0 spiro atoms. The van der Waals surface area contributed by atoms with E-state index in [9.17, 15) is 14.0 Å². The zero-order valence-electron chi connectivity index (χ0n) is 12.6. The predicted molar refractivity (Wildman–Crippen MR) is 80.9 cm³/mol. The number of benzene rings is 1. The van der Waals surface area contributed by atoms with Crippen LogP contribution in [0.15, 0.2) is 18.2 Å². The van der Waals surface area contributed by atoms with Crippen LogP contribution in [-0.2, 0) is 9.53 Å². The lowest BCUT2D eigenvalue weighted by atomic mass is 10.1. The Balaban J connectivity index is 1.82. The molecule has 1 amide bonds. The van der Waals surface area contributed by atoms with Crippen LogP contribution in [-0.4, -0.2) is 52.7 Å². The molecule has 7 heteroatoms. The topological polar surface area (TPSA) is 82.6 Å². The standard InChI is InChI=1S/C16H17FN2O4/c1-9-4-10(17)5-13-12(9)7-14(18-13)16(22)19-2-3-23-11(8-19)6-15(20)21/h4-5,7,11,18H,2-3,6,8H2,1H3,(H,20,21)/t11-/m1/s1. The lowest BCUT2D eigenvalue weighted by Crippen LogP contribution is -2.46. The van der Waals surface area contributed by atoms with Crippen LogP contribution in [0.4, 0.5) is 4.39 Å². The molecular formula is C16H17FN2O4. The van der Waals surface area contributed by atoms with Crippen molar-refractivity contribution in [2.75, 3.05) is 19.7 Å². The maximum Gasteiger partial charge on any atom is 0.306 e. The third kappa shape index (κ3) is 3.19. The molecule has 23 heavy (non-hydrogen) atoms. The molecule has 2 aromatic rings. The smallest absolute Gasteiger partial charge is 0.306 e. The quantitative estimate of drug-likeness (QED) is 0.905. The number of halogens is 1. The molecule has 1 saturated heterocycles. The van der Waals surface area contributed by atoms with Gasteiger partial charge in [-0.25, -0.2) is 4.39 Å². The van der Waals surface area contributed by atoms with Gasteiger partial charge in [-0.05, 0) is 30.7 Å². The molecule has 1 aromatic heterocycles. The number of amides is 1. The van der Waals surface area contributed by atoms with E-state index < -0.39 is 12.1 Å². The monoisotopic (exact) mass is 320 g/mol. The van der Waals surface area contributed by atoms with E-state index in [4.69, 9.17) is 9.84 Å². The summed E-state index contributed by atoms with van der Waals surface area (Å²) in [4.78, 5) is 27.9. The molecule has 122 valence electrons. The summed E-state index contributed by atoms with van der Waals surface area (Å²) in [7, 11) is 0. The van der Waals surface area contributed by atoms with E-state index in [0.29, 0.717) is 24.4 Å². The highest BCUT2D eigenvalue weighted by molar-refractivity contribution is 5.99. The molecule has 1 aromatic carbocycles. The van der Waals surface area contributed by atoms with Gasteiger partial charge in [0.2, 0.25) is 0 Å². The van der Waals surface area contributed by atoms with Gasteiger partial charge in [-0.15, -0.1) is 0 Å². The van der Waals surface area contributed by atoms with Crippen molar-refractivity contribution in [2.45, 2.75) is 19.4 Å². The van der Waals surface area contributed by atoms with E-state index in [1.54, 1.807) is 17.9 Å². The maximum atomic E-state index is 13.4. The molecule has 6 nitrogen and oxygen atoms in total. The Morgan fingerprint density at radius 1 is 1.43 bits per heavy atom. The predicted octanol–water partition coefficient (Wildman–Crippen LogP) is 1.93. The highest BCUT2D eigenvalue weighted by Gasteiger charge is 2.27. The van der Waals surface area contributed by atoms with E-state index in [1.807, 2.05) is 0 Å².